The number of ether oxygens (including phenoxy) is 3. The Hall–Kier alpha value is -3.91. The fourth-order valence-electron chi connectivity index (χ4n) is 5.52. The van der Waals surface area contributed by atoms with Gasteiger partial charge in [-0.25, -0.2) is 9.59 Å². The Kier molecular flexibility index (Phi) is 11.7. The minimum Gasteiger partial charge on any atom is -0.467 e. The molecular formula is C35H46N2O6. The van der Waals surface area contributed by atoms with Crippen molar-refractivity contribution in [2.24, 2.45) is 5.41 Å². The number of carbonyl (C=O) groups is 3. The van der Waals surface area contributed by atoms with Crippen LogP contribution in [0.5, 0.6) is 0 Å². The monoisotopic (exact) mass is 590 g/mol. The number of rotatable bonds is 13. The van der Waals surface area contributed by atoms with Crippen LogP contribution in [0.25, 0.3) is 17.2 Å². The summed E-state index contributed by atoms with van der Waals surface area (Å²) in [5.74, 6) is -0.945. The Bertz CT molecular complexity index is 1280. The van der Waals surface area contributed by atoms with Gasteiger partial charge in [0.05, 0.1) is 20.3 Å². The summed E-state index contributed by atoms with van der Waals surface area (Å²) in [6.07, 6.45) is 6.76. The lowest BCUT2D eigenvalue weighted by molar-refractivity contribution is -0.152. The van der Waals surface area contributed by atoms with Crippen molar-refractivity contribution in [3.05, 3.63) is 78.9 Å². The average molecular weight is 591 g/mol. The van der Waals surface area contributed by atoms with Crippen LogP contribution in [-0.2, 0) is 29.4 Å². The molecule has 2 amide bonds. The molecule has 3 unspecified atom stereocenters. The van der Waals surface area contributed by atoms with Crippen LogP contribution >= 0.6 is 0 Å². The van der Waals surface area contributed by atoms with Crippen molar-refractivity contribution in [2.45, 2.75) is 70.6 Å². The number of nitrogens with one attached hydrogen (secondary N) is 1. The molecular weight excluding hydrogens is 544 g/mol. The molecule has 1 N–H and O–H groups in total. The van der Waals surface area contributed by atoms with Crippen molar-refractivity contribution in [3.8, 4) is 11.1 Å². The summed E-state index contributed by atoms with van der Waals surface area (Å²) in [4.78, 5) is 41.4. The Morgan fingerprint density at radius 3 is 2.35 bits per heavy atom. The highest BCUT2D eigenvalue weighted by Crippen LogP contribution is 2.41. The fraction of sp³-hybridized carbons (Fsp3) is 0.457. The first-order valence-corrected chi connectivity index (χ1v) is 14.8. The number of methoxy groups -OCH3 is 2. The summed E-state index contributed by atoms with van der Waals surface area (Å²) < 4.78 is 16.6. The number of likely N-dealkylation sites (tertiary alicyclic amines) is 1. The molecule has 3 atom stereocenters. The minimum atomic E-state index is -0.959. The molecule has 0 radical (unpaired) electrons. The maximum absolute atomic E-state index is 14.1. The van der Waals surface area contributed by atoms with Crippen LogP contribution in [0.3, 0.4) is 0 Å². The van der Waals surface area contributed by atoms with Gasteiger partial charge in [-0.2, -0.15) is 0 Å². The molecule has 1 aliphatic rings. The number of benzene rings is 2. The van der Waals surface area contributed by atoms with Crippen molar-refractivity contribution in [2.75, 3.05) is 27.4 Å². The van der Waals surface area contributed by atoms with E-state index in [0.29, 0.717) is 0 Å². The van der Waals surface area contributed by atoms with Gasteiger partial charge in [-0.15, -0.1) is 6.58 Å². The van der Waals surface area contributed by atoms with Crippen molar-refractivity contribution < 1.29 is 28.6 Å². The number of hydrogen-bond acceptors (Lipinski definition) is 6. The maximum atomic E-state index is 14.1. The van der Waals surface area contributed by atoms with E-state index in [-0.39, 0.29) is 19.6 Å². The van der Waals surface area contributed by atoms with Gasteiger partial charge in [0, 0.05) is 13.5 Å². The zero-order valence-electron chi connectivity index (χ0n) is 26.2. The van der Waals surface area contributed by atoms with E-state index >= 15 is 0 Å². The molecule has 1 aliphatic heterocycles. The van der Waals surface area contributed by atoms with Gasteiger partial charge in [-0.05, 0) is 53.4 Å². The van der Waals surface area contributed by atoms with Crippen LogP contribution in [0.1, 0.15) is 64.0 Å². The number of unbranched alkanes of at least 4 members (excludes halogenated alkanes) is 3. The van der Waals surface area contributed by atoms with E-state index in [9.17, 15) is 14.4 Å². The van der Waals surface area contributed by atoms with Gasteiger partial charge in [-0.1, -0.05) is 88.0 Å². The first-order chi connectivity index (χ1) is 20.5. The third-order valence-electron chi connectivity index (χ3n) is 8.04. The van der Waals surface area contributed by atoms with E-state index < -0.39 is 41.1 Å². The third-order valence-corrected chi connectivity index (χ3v) is 8.04. The van der Waals surface area contributed by atoms with Gasteiger partial charge < -0.3 is 24.4 Å². The fourth-order valence-corrected chi connectivity index (χ4v) is 5.52. The predicted octanol–water partition coefficient (Wildman–Crippen LogP) is 6.50. The standard InChI is InChI=1S/C35H46N2O6/c1-8-10-11-12-15-22-43-33(40)36-30(34(3,4)5)31(38)37-24-35(42-7,23-29(37)32(39)41-6)27-20-18-26(19-21-27)28-17-14-13-16-25(28)9-2/h8-9,13-14,16-21,29-30H,1-2,10-12,15,22-24H2,3-7H3,(H,36,40). The van der Waals surface area contributed by atoms with Crippen LogP contribution in [-0.4, -0.2) is 62.3 Å². The number of allylic oxidation sites excluding steroid dienone is 1. The molecule has 2 aromatic carbocycles. The molecule has 43 heavy (non-hydrogen) atoms. The van der Waals surface area contributed by atoms with E-state index in [1.807, 2.05) is 81.5 Å². The molecule has 3 rings (SSSR count). The number of alkyl carbamates (subject to hydrolysis) is 1. The highest BCUT2D eigenvalue weighted by atomic mass is 16.5. The van der Waals surface area contributed by atoms with Crippen LogP contribution < -0.4 is 5.32 Å². The third kappa shape index (κ3) is 8.14. The molecule has 232 valence electrons. The lowest BCUT2D eigenvalue weighted by Gasteiger charge is -2.35. The minimum absolute atomic E-state index is 0.108. The molecule has 0 bridgehead atoms. The molecule has 8 nitrogen and oxygen atoms in total. The normalized spacial score (nSPS) is 18.9. The van der Waals surface area contributed by atoms with Gasteiger partial charge in [-0.3, -0.25) is 4.79 Å². The van der Waals surface area contributed by atoms with Gasteiger partial charge in [0.2, 0.25) is 5.91 Å². The Balaban J connectivity index is 1.85. The SMILES string of the molecule is C=CCCCCCOC(=O)NC(C(=O)N1CC(OC)(c2ccc(-c3ccccc3C=C)cc2)CC1C(=O)OC)C(C)(C)C. The quantitative estimate of drug-likeness (QED) is 0.163. The summed E-state index contributed by atoms with van der Waals surface area (Å²) >= 11 is 0. The smallest absolute Gasteiger partial charge is 0.407 e. The Morgan fingerprint density at radius 1 is 1.05 bits per heavy atom. The highest BCUT2D eigenvalue weighted by molar-refractivity contribution is 5.91. The molecule has 0 aliphatic carbocycles. The van der Waals surface area contributed by atoms with Crippen molar-refractivity contribution in [1.29, 1.82) is 0 Å². The summed E-state index contributed by atoms with van der Waals surface area (Å²) in [6, 6.07) is 14.1. The zero-order chi connectivity index (χ0) is 31.6. The van der Waals surface area contributed by atoms with Gasteiger partial charge in [0.25, 0.3) is 0 Å². The number of hydrogen-bond donors (Lipinski definition) is 1. The van der Waals surface area contributed by atoms with E-state index in [1.165, 1.54) is 12.0 Å². The topological polar surface area (TPSA) is 94.2 Å². The lowest BCUT2D eigenvalue weighted by Crippen LogP contribution is -2.57. The second kappa shape index (κ2) is 15.0. The van der Waals surface area contributed by atoms with Gasteiger partial charge in [0.1, 0.15) is 17.7 Å². The van der Waals surface area contributed by atoms with E-state index in [0.717, 1.165) is 47.9 Å². The second-order valence-corrected chi connectivity index (χ2v) is 12.0. The first-order valence-electron chi connectivity index (χ1n) is 14.8. The molecule has 0 aromatic heterocycles. The van der Waals surface area contributed by atoms with E-state index in [1.54, 1.807) is 7.11 Å². The second-order valence-electron chi connectivity index (χ2n) is 12.0. The lowest BCUT2D eigenvalue weighted by atomic mass is 9.85. The van der Waals surface area contributed by atoms with E-state index in [2.05, 4.69) is 18.5 Å². The molecule has 1 heterocycles. The molecule has 8 heteroatoms. The largest absolute Gasteiger partial charge is 0.467 e. The predicted molar refractivity (Wildman–Crippen MR) is 169 cm³/mol. The molecule has 1 fully saturated rings. The molecule has 0 spiro atoms. The molecule has 2 aromatic rings. The van der Waals surface area contributed by atoms with Gasteiger partial charge in [0.15, 0.2) is 0 Å². The molecule has 0 saturated carbocycles. The van der Waals surface area contributed by atoms with Crippen LogP contribution in [0.4, 0.5) is 4.79 Å². The van der Waals surface area contributed by atoms with Gasteiger partial charge >= 0.3 is 12.1 Å². The van der Waals surface area contributed by atoms with Crippen LogP contribution in [0, 0.1) is 5.41 Å². The average Bonchev–Trinajstić information content (AvgIpc) is 3.42. The molecule has 1 saturated heterocycles. The summed E-state index contributed by atoms with van der Waals surface area (Å²) in [5, 5.41) is 2.77. The summed E-state index contributed by atoms with van der Waals surface area (Å²) in [5.41, 5.74) is 2.28. The first kappa shape index (κ1) is 33.6. The summed E-state index contributed by atoms with van der Waals surface area (Å²) in [6.45, 7) is 13.6. The number of esters is 1. The van der Waals surface area contributed by atoms with Crippen LogP contribution in [0.2, 0.25) is 0 Å². The zero-order valence-corrected chi connectivity index (χ0v) is 26.2. The highest BCUT2D eigenvalue weighted by Gasteiger charge is 2.53. The van der Waals surface area contributed by atoms with Crippen LogP contribution in [0.15, 0.2) is 67.8 Å². The number of nitrogens with zero attached hydrogens (tertiary/aromatic N) is 1. The van der Waals surface area contributed by atoms with Crippen molar-refractivity contribution in [1.82, 2.24) is 10.2 Å². The van der Waals surface area contributed by atoms with Crippen molar-refractivity contribution >= 4 is 24.0 Å². The summed E-state index contributed by atoms with van der Waals surface area (Å²) in [7, 11) is 2.88. The van der Waals surface area contributed by atoms with Crippen molar-refractivity contribution in [3.63, 3.8) is 0 Å². The van der Waals surface area contributed by atoms with E-state index in [4.69, 9.17) is 14.2 Å². The number of carbonyl (C=O) groups excluding carboxylic acids is 3. The maximum Gasteiger partial charge on any atom is 0.407 e. The number of amides is 2. The Morgan fingerprint density at radius 2 is 1.74 bits per heavy atom. The Labute approximate surface area is 256 Å².